The van der Waals surface area contributed by atoms with E-state index in [1.807, 2.05) is 0 Å². The van der Waals surface area contributed by atoms with Gasteiger partial charge >= 0.3 is 0 Å². The Morgan fingerprint density at radius 2 is 2.03 bits per heavy atom. The van der Waals surface area contributed by atoms with E-state index in [9.17, 15) is 9.18 Å². The molecule has 32 heavy (non-hydrogen) atoms. The molecule has 4 aromatic rings. The fraction of sp³-hybridized carbons (Fsp3) is 0.0476. The molecule has 4 rings (SSSR count). The monoisotopic (exact) mass is 489 g/mol. The molecule has 2 aromatic carbocycles. The average Bonchev–Trinajstić information content (AvgIpc) is 3.23. The maximum atomic E-state index is 14.6. The van der Waals surface area contributed by atoms with E-state index in [1.165, 1.54) is 18.5 Å². The van der Waals surface area contributed by atoms with Crippen LogP contribution in [0.15, 0.2) is 55.0 Å². The van der Waals surface area contributed by atoms with Crippen LogP contribution in [0.3, 0.4) is 0 Å². The van der Waals surface area contributed by atoms with Crippen LogP contribution in [-0.4, -0.2) is 26.0 Å². The van der Waals surface area contributed by atoms with Crippen molar-refractivity contribution in [2.24, 2.45) is 0 Å². The minimum Gasteiger partial charge on any atom is -0.434 e. The molecule has 11 heteroatoms. The summed E-state index contributed by atoms with van der Waals surface area (Å²) in [5.74, 6) is -0.878. The highest BCUT2D eigenvalue weighted by Gasteiger charge is 2.13. The first-order valence-electron chi connectivity index (χ1n) is 9.20. The number of aromatic nitrogens is 3. The second-order valence-electron chi connectivity index (χ2n) is 6.56. The van der Waals surface area contributed by atoms with Crippen LogP contribution < -0.4 is 15.4 Å². The lowest BCUT2D eigenvalue weighted by atomic mass is 10.1. The van der Waals surface area contributed by atoms with Crippen molar-refractivity contribution in [2.45, 2.75) is 6.42 Å². The Kier molecular flexibility index (Phi) is 6.50. The maximum absolute atomic E-state index is 14.6. The average molecular weight is 490 g/mol. The lowest BCUT2D eigenvalue weighted by Crippen LogP contribution is -2.35. The number of hydrogen-bond donors (Lipinski definition) is 3. The molecule has 0 aliphatic heterocycles. The van der Waals surface area contributed by atoms with Crippen molar-refractivity contribution >= 4 is 63.2 Å². The lowest BCUT2D eigenvalue weighted by Gasteiger charge is -2.12. The molecule has 0 unspecified atom stereocenters. The molecule has 162 valence electrons. The molecule has 1 amide bonds. The zero-order valence-corrected chi connectivity index (χ0v) is 18.5. The molecular formula is C21H14Cl2FN5O2S. The summed E-state index contributed by atoms with van der Waals surface area (Å²) < 4.78 is 20.1. The van der Waals surface area contributed by atoms with E-state index in [-0.39, 0.29) is 23.2 Å². The van der Waals surface area contributed by atoms with Gasteiger partial charge in [-0.05, 0) is 42.0 Å². The molecule has 0 spiro atoms. The van der Waals surface area contributed by atoms with Crippen LogP contribution >= 0.6 is 35.4 Å². The number of H-pyrrole nitrogens is 1. The number of halogens is 3. The highest BCUT2D eigenvalue weighted by Crippen LogP contribution is 2.29. The van der Waals surface area contributed by atoms with Gasteiger partial charge in [0.25, 0.3) is 0 Å². The zero-order valence-electron chi connectivity index (χ0n) is 16.2. The number of benzene rings is 2. The van der Waals surface area contributed by atoms with Crippen molar-refractivity contribution in [2.75, 3.05) is 5.32 Å². The first kappa shape index (κ1) is 21.9. The van der Waals surface area contributed by atoms with Crippen molar-refractivity contribution in [1.29, 1.82) is 0 Å². The second-order valence-corrected chi connectivity index (χ2v) is 7.75. The van der Waals surface area contributed by atoms with Gasteiger partial charge in [-0.15, -0.1) is 0 Å². The number of ether oxygens (including phenoxy) is 1. The third-order valence-corrected chi connectivity index (χ3v) is 5.40. The Morgan fingerprint density at radius 1 is 1.19 bits per heavy atom. The number of anilines is 1. The number of carbonyl (C=O) groups excluding carboxylic acids is 1. The number of thiocarbonyl (C=S) groups is 1. The Balaban J connectivity index is 1.39. The third-order valence-electron chi connectivity index (χ3n) is 4.34. The summed E-state index contributed by atoms with van der Waals surface area (Å²) in [7, 11) is 0. The minimum atomic E-state index is -0.645. The van der Waals surface area contributed by atoms with Crippen LogP contribution in [0.2, 0.25) is 10.0 Å². The van der Waals surface area contributed by atoms with Gasteiger partial charge in [-0.1, -0.05) is 35.3 Å². The first-order chi connectivity index (χ1) is 15.4. The molecular weight excluding hydrogens is 476 g/mol. The van der Waals surface area contributed by atoms with Gasteiger partial charge in [-0.25, -0.2) is 9.37 Å². The third kappa shape index (κ3) is 4.96. The number of carbonyl (C=O) groups is 1. The number of nitrogens with one attached hydrogen (secondary N) is 3. The van der Waals surface area contributed by atoms with Crippen LogP contribution in [0.5, 0.6) is 11.6 Å². The Morgan fingerprint density at radius 3 is 2.84 bits per heavy atom. The summed E-state index contributed by atoms with van der Waals surface area (Å²) in [6.07, 6.45) is 3.00. The quantitative estimate of drug-likeness (QED) is 0.331. The molecule has 0 radical (unpaired) electrons. The van der Waals surface area contributed by atoms with Gasteiger partial charge in [0, 0.05) is 18.0 Å². The SMILES string of the molecule is O=C(Cc1cccc(Cl)c1Cl)NC(=S)Nc1ccc(Oc2ncnc3cc[nH]c23)c(F)c1. The van der Waals surface area contributed by atoms with Gasteiger partial charge in [-0.2, -0.15) is 4.98 Å². The number of rotatable bonds is 5. The van der Waals surface area contributed by atoms with Gasteiger partial charge in [0.15, 0.2) is 16.7 Å². The van der Waals surface area contributed by atoms with E-state index in [2.05, 4.69) is 25.6 Å². The van der Waals surface area contributed by atoms with Crippen molar-refractivity contribution in [3.05, 3.63) is 76.4 Å². The second kappa shape index (κ2) is 9.47. The Bertz CT molecular complexity index is 1330. The van der Waals surface area contributed by atoms with E-state index < -0.39 is 11.7 Å². The highest BCUT2D eigenvalue weighted by atomic mass is 35.5. The molecule has 3 N–H and O–H groups in total. The van der Waals surface area contributed by atoms with Crippen LogP contribution in [0.4, 0.5) is 10.1 Å². The zero-order chi connectivity index (χ0) is 22.7. The molecule has 0 aliphatic carbocycles. The maximum Gasteiger partial charge on any atom is 0.247 e. The first-order valence-corrected chi connectivity index (χ1v) is 10.4. The van der Waals surface area contributed by atoms with Crippen molar-refractivity contribution in [3.8, 4) is 11.6 Å². The summed E-state index contributed by atoms with van der Waals surface area (Å²) >= 11 is 17.2. The molecule has 0 saturated heterocycles. The van der Waals surface area contributed by atoms with Crippen LogP contribution in [0.1, 0.15) is 5.56 Å². The largest absolute Gasteiger partial charge is 0.434 e. The molecule has 2 aromatic heterocycles. The van der Waals surface area contributed by atoms with Crippen molar-refractivity contribution < 1.29 is 13.9 Å². The molecule has 0 fully saturated rings. The highest BCUT2D eigenvalue weighted by molar-refractivity contribution is 7.80. The number of amides is 1. The number of fused-ring (bicyclic) bond motifs is 1. The molecule has 0 aliphatic rings. The molecule has 0 saturated carbocycles. The van der Waals surface area contributed by atoms with E-state index in [4.69, 9.17) is 40.2 Å². The van der Waals surface area contributed by atoms with Gasteiger partial charge in [-0.3, -0.25) is 4.79 Å². The molecule has 7 nitrogen and oxygen atoms in total. The van der Waals surface area contributed by atoms with Crippen molar-refractivity contribution in [1.82, 2.24) is 20.3 Å². The van der Waals surface area contributed by atoms with E-state index in [0.717, 1.165) is 0 Å². The van der Waals surface area contributed by atoms with E-state index >= 15 is 0 Å². The molecule has 0 bridgehead atoms. The summed E-state index contributed by atoms with van der Waals surface area (Å²) in [5.41, 5.74) is 2.09. The Hall–Kier alpha value is -3.27. The lowest BCUT2D eigenvalue weighted by molar-refractivity contribution is -0.119. The standard InChI is InChI=1S/C21H14Cl2FN5O2S/c22-13-3-1-2-11(18(13)23)8-17(30)29-21(32)28-12-4-5-16(14(24)9-12)31-20-19-15(6-7-25-19)26-10-27-20/h1-7,9-10,25H,8H2,(H2,28,29,30,32). The van der Waals surface area contributed by atoms with Crippen LogP contribution in [0, 0.1) is 5.82 Å². The summed E-state index contributed by atoms with van der Waals surface area (Å²) in [6.45, 7) is 0. The smallest absolute Gasteiger partial charge is 0.247 e. The van der Waals surface area contributed by atoms with E-state index in [1.54, 1.807) is 36.5 Å². The minimum absolute atomic E-state index is 0.00473. The summed E-state index contributed by atoms with van der Waals surface area (Å²) in [4.78, 5) is 23.3. The number of aromatic amines is 1. The Labute approximate surface area is 196 Å². The molecule has 0 atom stereocenters. The van der Waals surface area contributed by atoms with Crippen LogP contribution in [0.25, 0.3) is 11.0 Å². The topological polar surface area (TPSA) is 91.9 Å². The predicted molar refractivity (Wildman–Crippen MR) is 125 cm³/mol. The molecule has 2 heterocycles. The summed E-state index contributed by atoms with van der Waals surface area (Å²) in [5, 5.41) is 5.94. The fourth-order valence-electron chi connectivity index (χ4n) is 2.88. The predicted octanol–water partition coefficient (Wildman–Crippen LogP) is 5.25. The summed E-state index contributed by atoms with van der Waals surface area (Å²) in [6, 6.07) is 10.9. The number of nitrogens with zero attached hydrogens (tertiary/aromatic N) is 2. The fourth-order valence-corrected chi connectivity index (χ4v) is 3.50. The number of hydrogen-bond acceptors (Lipinski definition) is 5. The van der Waals surface area contributed by atoms with Gasteiger partial charge in [0.2, 0.25) is 11.8 Å². The normalized spacial score (nSPS) is 10.7. The van der Waals surface area contributed by atoms with Gasteiger partial charge in [0.05, 0.1) is 22.0 Å². The van der Waals surface area contributed by atoms with Gasteiger partial charge < -0.3 is 20.4 Å². The van der Waals surface area contributed by atoms with Crippen LogP contribution in [-0.2, 0) is 11.2 Å². The van der Waals surface area contributed by atoms with Crippen molar-refractivity contribution in [3.63, 3.8) is 0 Å². The van der Waals surface area contributed by atoms with Gasteiger partial charge in [0.1, 0.15) is 11.8 Å². The van der Waals surface area contributed by atoms with E-state index in [0.29, 0.717) is 32.3 Å².